The van der Waals surface area contributed by atoms with E-state index < -0.39 is 0 Å². The van der Waals surface area contributed by atoms with Crippen molar-refractivity contribution >= 4 is 12.0 Å². The number of carbonyl (C=O) groups excluding carboxylic acids is 2. The Morgan fingerprint density at radius 2 is 1.95 bits per heavy atom. The summed E-state index contributed by atoms with van der Waals surface area (Å²) < 4.78 is 5.22. The van der Waals surface area contributed by atoms with Gasteiger partial charge in [-0.25, -0.2) is 9.59 Å². The molecule has 2 rings (SSSR count). The molecule has 1 N–H and O–H groups in total. The summed E-state index contributed by atoms with van der Waals surface area (Å²) >= 11 is 0. The van der Waals surface area contributed by atoms with Gasteiger partial charge in [-0.2, -0.15) is 0 Å². The summed E-state index contributed by atoms with van der Waals surface area (Å²) in [4.78, 5) is 21.9. The molecular formula is C17H21NO3. The molecule has 1 aromatic carbocycles. The fourth-order valence-corrected chi connectivity index (χ4v) is 2.69. The molecule has 1 aromatic rings. The van der Waals surface area contributed by atoms with Gasteiger partial charge < -0.3 is 10.1 Å². The van der Waals surface area contributed by atoms with Crippen molar-refractivity contribution in [1.29, 1.82) is 0 Å². The van der Waals surface area contributed by atoms with E-state index in [2.05, 4.69) is 5.32 Å². The average Bonchev–Trinajstić information content (AvgIpc) is 2.53. The summed E-state index contributed by atoms with van der Waals surface area (Å²) in [6.07, 6.45) is 5.95. The zero-order chi connectivity index (χ0) is 14.9. The highest BCUT2D eigenvalue weighted by Gasteiger charge is 2.22. The number of rotatable bonds is 5. The van der Waals surface area contributed by atoms with Crippen LogP contribution in [0.5, 0.6) is 0 Å². The number of carbonyl (C=O) groups is 1. The van der Waals surface area contributed by atoms with Gasteiger partial charge in [0.05, 0.1) is 0 Å². The van der Waals surface area contributed by atoms with Crippen LogP contribution in [-0.4, -0.2) is 18.1 Å². The highest BCUT2D eigenvalue weighted by atomic mass is 16.5. The molecule has 4 heteroatoms. The first-order chi connectivity index (χ1) is 10.3. The summed E-state index contributed by atoms with van der Waals surface area (Å²) in [6, 6.07) is 9.82. The molecule has 0 radical (unpaired) electrons. The molecule has 0 unspecified atom stereocenters. The van der Waals surface area contributed by atoms with Crippen LogP contribution in [0.15, 0.2) is 36.4 Å². The number of amides is 1. The predicted molar refractivity (Wildman–Crippen MR) is 80.4 cm³/mol. The summed E-state index contributed by atoms with van der Waals surface area (Å²) in [5.74, 6) is 2.37. The Hall–Kier alpha value is -2.06. The van der Waals surface area contributed by atoms with Gasteiger partial charge in [-0.05, 0) is 43.6 Å². The second kappa shape index (κ2) is 8.28. The van der Waals surface area contributed by atoms with Gasteiger partial charge in [0, 0.05) is 12.1 Å². The largest absolute Gasteiger partial charge is 0.445 e. The molecule has 0 saturated heterocycles. The van der Waals surface area contributed by atoms with Crippen LogP contribution < -0.4 is 5.32 Å². The minimum Gasteiger partial charge on any atom is -0.445 e. The zero-order valence-corrected chi connectivity index (χ0v) is 12.1. The molecule has 1 amide bonds. The Morgan fingerprint density at radius 1 is 1.24 bits per heavy atom. The van der Waals surface area contributed by atoms with Crippen molar-refractivity contribution in [1.82, 2.24) is 5.32 Å². The van der Waals surface area contributed by atoms with Crippen LogP contribution in [0.2, 0.25) is 0 Å². The molecule has 1 aliphatic rings. The standard InChI is InChI=1S/C17H21NO3/c19-12-4-7-14-8-10-16(11-9-14)18-17(20)21-13-15-5-2-1-3-6-15/h1-6,14,16H,7-11,13H2,(H,18,20). The van der Waals surface area contributed by atoms with Crippen molar-refractivity contribution in [3.63, 3.8) is 0 Å². The highest BCUT2D eigenvalue weighted by molar-refractivity contribution is 5.67. The Bertz CT molecular complexity index is 486. The van der Waals surface area contributed by atoms with Gasteiger partial charge in [-0.3, -0.25) is 0 Å². The summed E-state index contributed by atoms with van der Waals surface area (Å²) in [5.41, 5.74) is 0.983. The van der Waals surface area contributed by atoms with Gasteiger partial charge in [0.1, 0.15) is 12.5 Å². The topological polar surface area (TPSA) is 55.4 Å². The first kappa shape index (κ1) is 15.3. The molecule has 1 aliphatic carbocycles. The van der Waals surface area contributed by atoms with E-state index in [4.69, 9.17) is 4.74 Å². The Balaban J connectivity index is 1.66. The molecule has 1 fully saturated rings. The van der Waals surface area contributed by atoms with E-state index >= 15 is 0 Å². The number of ether oxygens (including phenoxy) is 1. The number of hydrogen-bond donors (Lipinski definition) is 1. The molecule has 4 nitrogen and oxygen atoms in total. The quantitative estimate of drug-likeness (QED) is 0.846. The van der Waals surface area contributed by atoms with Crippen LogP contribution in [0.25, 0.3) is 0 Å². The Labute approximate surface area is 125 Å². The molecule has 1 saturated carbocycles. The maximum absolute atomic E-state index is 11.7. The second-order valence-corrected chi connectivity index (χ2v) is 5.48. The first-order valence-electron chi connectivity index (χ1n) is 7.44. The third-order valence-electron chi connectivity index (χ3n) is 3.92. The Kier molecular flexibility index (Phi) is 6.04. The lowest BCUT2D eigenvalue weighted by molar-refractivity contribution is 0.131. The van der Waals surface area contributed by atoms with Gasteiger partial charge in [-0.15, -0.1) is 0 Å². The molecule has 112 valence electrons. The van der Waals surface area contributed by atoms with E-state index in [1.54, 1.807) is 6.08 Å². The van der Waals surface area contributed by atoms with Crippen LogP contribution in [-0.2, 0) is 16.1 Å². The molecule has 0 aromatic heterocycles. The fraction of sp³-hybridized carbons (Fsp3) is 0.471. The third kappa shape index (κ3) is 5.44. The molecule has 0 spiro atoms. The molecule has 0 bridgehead atoms. The molecular weight excluding hydrogens is 266 g/mol. The van der Waals surface area contributed by atoms with Crippen molar-refractivity contribution in [2.24, 2.45) is 5.92 Å². The minimum absolute atomic E-state index is 0.185. The number of nitrogens with one attached hydrogen (secondary N) is 1. The fourth-order valence-electron chi connectivity index (χ4n) is 2.69. The lowest BCUT2D eigenvalue weighted by Crippen LogP contribution is -2.37. The van der Waals surface area contributed by atoms with Gasteiger partial charge in [0.15, 0.2) is 0 Å². The van der Waals surface area contributed by atoms with Crippen LogP contribution >= 0.6 is 0 Å². The molecule has 0 atom stereocenters. The van der Waals surface area contributed by atoms with Gasteiger partial charge in [-0.1, -0.05) is 30.3 Å². The number of allylic oxidation sites excluding steroid dienone is 1. The lowest BCUT2D eigenvalue weighted by atomic mass is 9.84. The summed E-state index contributed by atoms with van der Waals surface area (Å²) in [7, 11) is 0. The Morgan fingerprint density at radius 3 is 2.62 bits per heavy atom. The minimum atomic E-state index is -0.352. The number of hydrogen-bond acceptors (Lipinski definition) is 3. The van der Waals surface area contributed by atoms with Crippen LogP contribution in [0.1, 0.15) is 37.7 Å². The van der Waals surface area contributed by atoms with Gasteiger partial charge in [0.25, 0.3) is 0 Å². The van der Waals surface area contributed by atoms with E-state index in [1.165, 1.54) is 0 Å². The van der Waals surface area contributed by atoms with E-state index in [0.29, 0.717) is 12.5 Å². The smallest absolute Gasteiger partial charge is 0.407 e. The molecule has 0 heterocycles. The SMILES string of the molecule is O=C=CCC1CCC(NC(=O)OCc2ccccc2)CC1. The van der Waals surface area contributed by atoms with Crippen LogP contribution in [0, 0.1) is 5.92 Å². The zero-order valence-electron chi connectivity index (χ0n) is 12.1. The van der Waals surface area contributed by atoms with E-state index in [9.17, 15) is 9.59 Å². The van der Waals surface area contributed by atoms with Crippen LogP contribution in [0.3, 0.4) is 0 Å². The number of benzene rings is 1. The van der Waals surface area contributed by atoms with Crippen molar-refractivity contribution in [3.8, 4) is 0 Å². The third-order valence-corrected chi connectivity index (χ3v) is 3.92. The number of alkyl carbamates (subject to hydrolysis) is 1. The van der Waals surface area contributed by atoms with Crippen LogP contribution in [0.4, 0.5) is 4.79 Å². The normalized spacial score (nSPS) is 21.1. The predicted octanol–water partition coefficient (Wildman–Crippen LogP) is 3.25. The average molecular weight is 287 g/mol. The summed E-state index contributed by atoms with van der Waals surface area (Å²) in [5, 5.41) is 2.92. The lowest BCUT2D eigenvalue weighted by Gasteiger charge is -2.28. The van der Waals surface area contributed by atoms with Crippen molar-refractivity contribution in [2.45, 2.75) is 44.8 Å². The van der Waals surface area contributed by atoms with Crippen molar-refractivity contribution in [2.75, 3.05) is 0 Å². The summed E-state index contributed by atoms with van der Waals surface area (Å²) in [6.45, 7) is 0.298. The second-order valence-electron chi connectivity index (χ2n) is 5.48. The van der Waals surface area contributed by atoms with Gasteiger partial charge in [0.2, 0.25) is 0 Å². The monoisotopic (exact) mass is 287 g/mol. The maximum atomic E-state index is 11.7. The first-order valence-corrected chi connectivity index (χ1v) is 7.44. The maximum Gasteiger partial charge on any atom is 0.407 e. The highest BCUT2D eigenvalue weighted by Crippen LogP contribution is 2.26. The molecule has 0 aliphatic heterocycles. The van der Waals surface area contributed by atoms with E-state index in [1.807, 2.05) is 36.3 Å². The van der Waals surface area contributed by atoms with E-state index in [0.717, 1.165) is 37.7 Å². The molecule has 21 heavy (non-hydrogen) atoms. The van der Waals surface area contributed by atoms with E-state index in [-0.39, 0.29) is 12.1 Å². The van der Waals surface area contributed by atoms with Crippen molar-refractivity contribution < 1.29 is 14.3 Å². The van der Waals surface area contributed by atoms with Gasteiger partial charge >= 0.3 is 6.09 Å². The van der Waals surface area contributed by atoms with Crippen molar-refractivity contribution in [3.05, 3.63) is 42.0 Å².